The highest BCUT2D eigenvalue weighted by Gasteiger charge is 2.31. The van der Waals surface area contributed by atoms with E-state index in [1.54, 1.807) is 12.1 Å². The van der Waals surface area contributed by atoms with Gasteiger partial charge in [-0.1, -0.05) is 27.5 Å². The van der Waals surface area contributed by atoms with Gasteiger partial charge in [-0.2, -0.15) is 0 Å². The SMILES string of the molecule is CNC1(C)CCN(C(=O)c2cc(Br)ccc2Cl)CC1. The van der Waals surface area contributed by atoms with Gasteiger partial charge in [0, 0.05) is 23.1 Å². The lowest BCUT2D eigenvalue weighted by molar-refractivity contribution is 0.0662. The van der Waals surface area contributed by atoms with Crippen LogP contribution in [0.25, 0.3) is 0 Å². The number of hydrogen-bond acceptors (Lipinski definition) is 2. The Morgan fingerprint density at radius 3 is 2.63 bits per heavy atom. The number of amides is 1. The predicted octanol–water partition coefficient (Wildman–Crippen LogP) is 3.32. The number of benzene rings is 1. The number of hydrogen-bond donors (Lipinski definition) is 1. The zero-order valence-corrected chi connectivity index (χ0v) is 13.5. The summed E-state index contributed by atoms with van der Waals surface area (Å²) in [5, 5.41) is 3.84. The Kier molecular flexibility index (Phi) is 4.54. The minimum atomic E-state index is 0.0180. The molecule has 0 bridgehead atoms. The third kappa shape index (κ3) is 3.30. The first-order valence-corrected chi connectivity index (χ1v) is 7.55. The number of nitrogens with zero attached hydrogens (tertiary/aromatic N) is 1. The van der Waals surface area contributed by atoms with Crippen LogP contribution in [0, 0.1) is 0 Å². The van der Waals surface area contributed by atoms with Crippen molar-refractivity contribution in [3.8, 4) is 0 Å². The molecule has 104 valence electrons. The summed E-state index contributed by atoms with van der Waals surface area (Å²) in [4.78, 5) is 14.4. The van der Waals surface area contributed by atoms with Gasteiger partial charge in [-0.25, -0.2) is 0 Å². The number of halogens is 2. The Bertz CT molecular complexity index is 484. The van der Waals surface area contributed by atoms with Crippen molar-refractivity contribution in [1.29, 1.82) is 0 Å². The quantitative estimate of drug-likeness (QED) is 0.892. The molecule has 1 fully saturated rings. The van der Waals surface area contributed by atoms with Crippen LogP contribution in [0.3, 0.4) is 0 Å². The van der Waals surface area contributed by atoms with E-state index in [9.17, 15) is 4.79 Å². The van der Waals surface area contributed by atoms with Crippen LogP contribution < -0.4 is 5.32 Å². The van der Waals surface area contributed by atoms with Gasteiger partial charge in [-0.05, 0) is 45.0 Å². The van der Waals surface area contributed by atoms with Gasteiger partial charge in [-0.3, -0.25) is 4.79 Å². The molecular weight excluding hydrogens is 328 g/mol. The number of piperidine rings is 1. The zero-order valence-electron chi connectivity index (χ0n) is 11.2. The number of carbonyl (C=O) groups is 1. The van der Waals surface area contributed by atoms with E-state index in [4.69, 9.17) is 11.6 Å². The Morgan fingerprint density at radius 2 is 2.05 bits per heavy atom. The van der Waals surface area contributed by atoms with Crippen LogP contribution in [-0.2, 0) is 0 Å². The van der Waals surface area contributed by atoms with Crippen LogP contribution in [0.4, 0.5) is 0 Å². The van der Waals surface area contributed by atoms with E-state index >= 15 is 0 Å². The van der Waals surface area contributed by atoms with E-state index in [-0.39, 0.29) is 11.4 Å². The Hall–Kier alpha value is -0.580. The second-order valence-corrected chi connectivity index (χ2v) is 6.55. The topological polar surface area (TPSA) is 32.3 Å². The molecule has 0 atom stereocenters. The minimum absolute atomic E-state index is 0.0180. The van der Waals surface area contributed by atoms with Gasteiger partial charge in [-0.15, -0.1) is 0 Å². The van der Waals surface area contributed by atoms with Crippen LogP contribution in [0.1, 0.15) is 30.1 Å². The second kappa shape index (κ2) is 5.81. The maximum absolute atomic E-state index is 12.5. The molecule has 0 aromatic heterocycles. The van der Waals surface area contributed by atoms with Gasteiger partial charge in [0.2, 0.25) is 0 Å². The molecule has 1 heterocycles. The molecule has 0 saturated carbocycles. The molecule has 1 amide bonds. The molecule has 0 aliphatic carbocycles. The molecule has 19 heavy (non-hydrogen) atoms. The van der Waals surface area contributed by atoms with E-state index in [1.165, 1.54) is 0 Å². The molecule has 1 N–H and O–H groups in total. The molecule has 1 aliphatic rings. The molecule has 1 aromatic carbocycles. The summed E-state index contributed by atoms with van der Waals surface area (Å²) in [5.41, 5.74) is 0.710. The smallest absolute Gasteiger partial charge is 0.255 e. The lowest BCUT2D eigenvalue weighted by Gasteiger charge is -2.39. The second-order valence-electron chi connectivity index (χ2n) is 5.23. The summed E-state index contributed by atoms with van der Waals surface area (Å²) in [5.74, 6) is 0.0180. The van der Waals surface area contributed by atoms with Crippen molar-refractivity contribution in [1.82, 2.24) is 10.2 Å². The number of carbonyl (C=O) groups excluding carboxylic acids is 1. The molecule has 0 radical (unpaired) electrons. The molecule has 1 aromatic rings. The minimum Gasteiger partial charge on any atom is -0.338 e. The standard InChI is InChI=1S/C14H18BrClN2O/c1-14(17-2)5-7-18(8-6-14)13(19)11-9-10(15)3-4-12(11)16/h3-4,9,17H,5-8H2,1-2H3. The summed E-state index contributed by atoms with van der Waals surface area (Å²) >= 11 is 9.49. The maximum Gasteiger partial charge on any atom is 0.255 e. The highest BCUT2D eigenvalue weighted by atomic mass is 79.9. The Labute approximate surface area is 127 Å². The van der Waals surface area contributed by atoms with E-state index in [0.717, 1.165) is 30.4 Å². The molecule has 1 saturated heterocycles. The Balaban J connectivity index is 2.11. The van der Waals surface area contributed by atoms with Gasteiger partial charge in [0.25, 0.3) is 5.91 Å². The van der Waals surface area contributed by atoms with Crippen molar-refractivity contribution < 1.29 is 4.79 Å². The molecule has 2 rings (SSSR count). The molecule has 1 aliphatic heterocycles. The Morgan fingerprint density at radius 1 is 1.42 bits per heavy atom. The monoisotopic (exact) mass is 344 g/mol. The summed E-state index contributed by atoms with van der Waals surface area (Å²) < 4.78 is 0.873. The van der Waals surface area contributed by atoms with E-state index in [2.05, 4.69) is 28.2 Å². The molecule has 3 nitrogen and oxygen atoms in total. The van der Waals surface area contributed by atoms with Crippen molar-refractivity contribution in [3.05, 3.63) is 33.3 Å². The lowest BCUT2D eigenvalue weighted by atomic mass is 9.89. The van der Waals surface area contributed by atoms with Gasteiger partial charge in [0.05, 0.1) is 10.6 Å². The maximum atomic E-state index is 12.5. The first-order valence-electron chi connectivity index (χ1n) is 6.38. The third-order valence-corrected chi connectivity index (χ3v) is 4.74. The summed E-state index contributed by atoms with van der Waals surface area (Å²) in [6.07, 6.45) is 1.92. The fourth-order valence-corrected chi connectivity index (χ4v) is 2.84. The normalized spacial score (nSPS) is 18.4. The van der Waals surface area contributed by atoms with Crippen molar-refractivity contribution in [2.75, 3.05) is 20.1 Å². The van der Waals surface area contributed by atoms with Crippen molar-refractivity contribution in [2.45, 2.75) is 25.3 Å². The average molecular weight is 346 g/mol. The van der Waals surface area contributed by atoms with Gasteiger partial charge in [0.15, 0.2) is 0 Å². The lowest BCUT2D eigenvalue weighted by Crippen LogP contribution is -2.51. The zero-order chi connectivity index (χ0) is 14.0. The highest BCUT2D eigenvalue weighted by molar-refractivity contribution is 9.10. The van der Waals surface area contributed by atoms with Crippen LogP contribution in [-0.4, -0.2) is 36.5 Å². The number of nitrogens with one attached hydrogen (secondary N) is 1. The first kappa shape index (κ1) is 14.8. The number of rotatable bonds is 2. The van der Waals surface area contributed by atoms with E-state index in [0.29, 0.717) is 10.6 Å². The fraction of sp³-hybridized carbons (Fsp3) is 0.500. The highest BCUT2D eigenvalue weighted by Crippen LogP contribution is 2.26. The third-order valence-electron chi connectivity index (χ3n) is 3.92. The largest absolute Gasteiger partial charge is 0.338 e. The number of likely N-dealkylation sites (tertiary alicyclic amines) is 1. The van der Waals surface area contributed by atoms with Crippen molar-refractivity contribution >= 4 is 33.4 Å². The summed E-state index contributed by atoms with van der Waals surface area (Å²) in [6.45, 7) is 3.72. The molecule has 0 unspecified atom stereocenters. The van der Waals surface area contributed by atoms with E-state index in [1.807, 2.05) is 18.0 Å². The van der Waals surface area contributed by atoms with Crippen molar-refractivity contribution in [2.24, 2.45) is 0 Å². The molecular formula is C14H18BrClN2O. The van der Waals surface area contributed by atoms with Gasteiger partial charge < -0.3 is 10.2 Å². The first-order chi connectivity index (χ1) is 8.95. The molecule has 0 spiro atoms. The van der Waals surface area contributed by atoms with Crippen molar-refractivity contribution in [3.63, 3.8) is 0 Å². The van der Waals surface area contributed by atoms with E-state index < -0.39 is 0 Å². The predicted molar refractivity (Wildman–Crippen MR) is 81.8 cm³/mol. The summed E-state index contributed by atoms with van der Waals surface area (Å²) in [6, 6.07) is 5.38. The average Bonchev–Trinajstić information content (AvgIpc) is 2.42. The summed E-state index contributed by atoms with van der Waals surface area (Å²) in [7, 11) is 1.97. The van der Waals surface area contributed by atoms with Gasteiger partial charge in [0.1, 0.15) is 0 Å². The van der Waals surface area contributed by atoms with Crippen LogP contribution in [0.15, 0.2) is 22.7 Å². The fourth-order valence-electron chi connectivity index (χ4n) is 2.29. The van der Waals surface area contributed by atoms with Crippen LogP contribution >= 0.6 is 27.5 Å². The van der Waals surface area contributed by atoms with Gasteiger partial charge >= 0.3 is 0 Å². The molecule has 5 heteroatoms. The van der Waals surface area contributed by atoms with Crippen LogP contribution in [0.5, 0.6) is 0 Å². The van der Waals surface area contributed by atoms with Crippen LogP contribution in [0.2, 0.25) is 5.02 Å².